The fraction of sp³-hybridized carbons (Fsp3) is 0.400. The molecule has 1 aliphatic rings. The largest absolute Gasteiger partial charge is 0.304 e. The number of sulfone groups is 1. The summed E-state index contributed by atoms with van der Waals surface area (Å²) in [7, 11) is -3.19. The van der Waals surface area contributed by atoms with E-state index >= 15 is 0 Å². The summed E-state index contributed by atoms with van der Waals surface area (Å²) in [5.74, 6) is -0.294. The number of hydrogen-bond acceptors (Lipinski definition) is 3. The SMILES string of the molecule is Cc1ccccc1N(C(=O)C(C)C)[C@H]1C=CS(=O)(=O)C1. The van der Waals surface area contributed by atoms with E-state index in [1.807, 2.05) is 45.0 Å². The average molecular weight is 293 g/mol. The van der Waals surface area contributed by atoms with E-state index in [4.69, 9.17) is 0 Å². The molecule has 0 bridgehead atoms. The second-order valence-electron chi connectivity index (χ2n) is 5.37. The molecule has 0 saturated carbocycles. The highest BCUT2D eigenvalue weighted by Gasteiger charge is 2.32. The van der Waals surface area contributed by atoms with Crippen LogP contribution in [0.25, 0.3) is 0 Å². The van der Waals surface area contributed by atoms with Crippen molar-refractivity contribution in [1.82, 2.24) is 0 Å². The van der Waals surface area contributed by atoms with Gasteiger partial charge in [-0.2, -0.15) is 0 Å². The maximum atomic E-state index is 12.5. The molecule has 0 unspecified atom stereocenters. The minimum atomic E-state index is -3.19. The first-order valence-corrected chi connectivity index (χ1v) is 8.33. The number of carbonyl (C=O) groups is 1. The van der Waals surface area contributed by atoms with Gasteiger partial charge < -0.3 is 4.90 Å². The van der Waals surface area contributed by atoms with Crippen LogP contribution >= 0.6 is 0 Å². The van der Waals surface area contributed by atoms with Crippen LogP contribution in [0.15, 0.2) is 35.7 Å². The van der Waals surface area contributed by atoms with Gasteiger partial charge in [0.2, 0.25) is 5.91 Å². The Labute approximate surface area is 120 Å². The van der Waals surface area contributed by atoms with Crippen LogP contribution in [0.2, 0.25) is 0 Å². The molecule has 1 aromatic carbocycles. The van der Waals surface area contributed by atoms with Gasteiger partial charge in [-0.05, 0) is 24.6 Å². The normalized spacial score (nSPS) is 20.3. The molecule has 0 N–H and O–H groups in total. The molecule has 20 heavy (non-hydrogen) atoms. The van der Waals surface area contributed by atoms with Gasteiger partial charge in [0.25, 0.3) is 0 Å². The Kier molecular flexibility index (Phi) is 3.99. The number of para-hydroxylation sites is 1. The summed E-state index contributed by atoms with van der Waals surface area (Å²) in [4.78, 5) is 14.1. The fourth-order valence-corrected chi connectivity index (χ4v) is 3.56. The average Bonchev–Trinajstić information content (AvgIpc) is 2.72. The number of nitrogens with zero attached hydrogens (tertiary/aromatic N) is 1. The van der Waals surface area contributed by atoms with Crippen LogP contribution in [0.1, 0.15) is 19.4 Å². The van der Waals surface area contributed by atoms with Crippen molar-refractivity contribution in [1.29, 1.82) is 0 Å². The van der Waals surface area contributed by atoms with Gasteiger partial charge in [0.05, 0.1) is 11.8 Å². The first-order valence-electron chi connectivity index (χ1n) is 6.61. The summed E-state index contributed by atoms with van der Waals surface area (Å²) >= 11 is 0. The van der Waals surface area contributed by atoms with Crippen molar-refractivity contribution in [3.05, 3.63) is 41.3 Å². The Morgan fingerprint density at radius 1 is 1.30 bits per heavy atom. The molecule has 108 valence electrons. The van der Waals surface area contributed by atoms with Crippen LogP contribution in [-0.2, 0) is 14.6 Å². The molecular formula is C15H19NO3S. The number of anilines is 1. The van der Waals surface area contributed by atoms with Gasteiger partial charge in [-0.15, -0.1) is 0 Å². The monoisotopic (exact) mass is 293 g/mol. The number of aryl methyl sites for hydroxylation is 1. The predicted molar refractivity (Wildman–Crippen MR) is 80.2 cm³/mol. The third kappa shape index (κ3) is 2.93. The fourth-order valence-electron chi connectivity index (χ4n) is 2.29. The molecule has 1 atom stereocenters. The highest BCUT2D eigenvalue weighted by molar-refractivity contribution is 7.94. The number of rotatable bonds is 3. The zero-order chi connectivity index (χ0) is 14.9. The lowest BCUT2D eigenvalue weighted by Gasteiger charge is -2.30. The molecule has 1 heterocycles. The van der Waals surface area contributed by atoms with Crippen LogP contribution in [0.4, 0.5) is 5.69 Å². The number of hydrogen-bond donors (Lipinski definition) is 0. The van der Waals surface area contributed by atoms with E-state index in [1.165, 1.54) is 5.41 Å². The van der Waals surface area contributed by atoms with Gasteiger partial charge in [-0.1, -0.05) is 32.0 Å². The topological polar surface area (TPSA) is 54.5 Å². The molecule has 0 saturated heterocycles. The number of carbonyl (C=O) groups excluding carboxylic acids is 1. The van der Waals surface area contributed by atoms with Gasteiger partial charge in [-0.25, -0.2) is 8.42 Å². The van der Waals surface area contributed by atoms with Crippen molar-refractivity contribution in [3.8, 4) is 0 Å². The van der Waals surface area contributed by atoms with E-state index in [9.17, 15) is 13.2 Å². The summed E-state index contributed by atoms with van der Waals surface area (Å²) in [6.07, 6.45) is 1.60. The summed E-state index contributed by atoms with van der Waals surface area (Å²) < 4.78 is 23.3. The van der Waals surface area contributed by atoms with Gasteiger partial charge >= 0.3 is 0 Å². The molecule has 2 rings (SSSR count). The maximum Gasteiger partial charge on any atom is 0.230 e. The first-order chi connectivity index (χ1) is 9.32. The molecule has 1 aromatic rings. The third-order valence-corrected chi connectivity index (χ3v) is 4.73. The van der Waals surface area contributed by atoms with Gasteiger partial charge in [0.15, 0.2) is 9.84 Å². The van der Waals surface area contributed by atoms with Crippen molar-refractivity contribution >= 4 is 21.4 Å². The second kappa shape index (κ2) is 5.40. The van der Waals surface area contributed by atoms with Gasteiger partial charge in [0.1, 0.15) is 0 Å². The smallest absolute Gasteiger partial charge is 0.230 e. The number of benzene rings is 1. The summed E-state index contributed by atoms with van der Waals surface area (Å²) in [5, 5.41) is 1.20. The Balaban J connectivity index is 2.45. The lowest BCUT2D eigenvalue weighted by molar-refractivity contribution is -0.121. The van der Waals surface area contributed by atoms with Crippen molar-refractivity contribution < 1.29 is 13.2 Å². The Morgan fingerprint density at radius 2 is 1.95 bits per heavy atom. The number of amides is 1. The van der Waals surface area contributed by atoms with E-state index in [-0.39, 0.29) is 17.6 Å². The van der Waals surface area contributed by atoms with Crippen molar-refractivity contribution in [3.63, 3.8) is 0 Å². The van der Waals surface area contributed by atoms with Crippen LogP contribution in [0.5, 0.6) is 0 Å². The Hall–Kier alpha value is -1.62. The summed E-state index contributed by atoms with van der Waals surface area (Å²) in [6, 6.07) is 7.11. The van der Waals surface area contributed by atoms with E-state index in [1.54, 1.807) is 11.0 Å². The Morgan fingerprint density at radius 3 is 2.45 bits per heavy atom. The highest BCUT2D eigenvalue weighted by atomic mass is 32.2. The molecule has 4 nitrogen and oxygen atoms in total. The summed E-state index contributed by atoms with van der Waals surface area (Å²) in [5.41, 5.74) is 1.73. The van der Waals surface area contributed by atoms with Crippen LogP contribution in [0.3, 0.4) is 0 Å². The Bertz CT molecular complexity index is 647. The van der Waals surface area contributed by atoms with Crippen LogP contribution in [-0.4, -0.2) is 26.1 Å². The molecule has 1 aliphatic heterocycles. The zero-order valence-corrected chi connectivity index (χ0v) is 12.7. The van der Waals surface area contributed by atoms with Crippen molar-refractivity contribution in [2.24, 2.45) is 5.92 Å². The standard InChI is InChI=1S/C15H19NO3S/c1-11(2)15(17)16(13-8-9-20(18,19)10-13)14-7-5-4-6-12(14)3/h4-9,11,13H,10H2,1-3H3/t13-/m0/s1. The zero-order valence-electron chi connectivity index (χ0n) is 11.9. The molecule has 5 heteroatoms. The lowest BCUT2D eigenvalue weighted by Crippen LogP contribution is -2.43. The van der Waals surface area contributed by atoms with E-state index in [2.05, 4.69) is 0 Å². The molecule has 0 radical (unpaired) electrons. The van der Waals surface area contributed by atoms with Crippen molar-refractivity contribution in [2.45, 2.75) is 26.8 Å². The van der Waals surface area contributed by atoms with Gasteiger partial charge in [0, 0.05) is 17.0 Å². The predicted octanol–water partition coefficient (Wildman–Crippen LogP) is 2.29. The minimum Gasteiger partial charge on any atom is -0.304 e. The van der Waals surface area contributed by atoms with E-state index < -0.39 is 15.9 Å². The minimum absolute atomic E-state index is 0.0419. The highest BCUT2D eigenvalue weighted by Crippen LogP contribution is 2.27. The molecule has 0 spiro atoms. The molecule has 0 fully saturated rings. The van der Waals surface area contributed by atoms with Crippen molar-refractivity contribution in [2.75, 3.05) is 10.7 Å². The van der Waals surface area contributed by atoms with Crippen LogP contribution in [0, 0.1) is 12.8 Å². The van der Waals surface area contributed by atoms with Gasteiger partial charge in [-0.3, -0.25) is 4.79 Å². The quantitative estimate of drug-likeness (QED) is 0.859. The van der Waals surface area contributed by atoms with Crippen LogP contribution < -0.4 is 4.90 Å². The molecular weight excluding hydrogens is 274 g/mol. The molecule has 0 aliphatic carbocycles. The molecule has 0 aromatic heterocycles. The summed E-state index contributed by atoms with van der Waals surface area (Å²) in [6.45, 7) is 5.56. The first kappa shape index (κ1) is 14.8. The lowest BCUT2D eigenvalue weighted by atomic mass is 10.1. The molecule has 1 amide bonds. The maximum absolute atomic E-state index is 12.5. The van der Waals surface area contributed by atoms with E-state index in [0.29, 0.717) is 0 Å². The third-order valence-electron chi connectivity index (χ3n) is 3.35. The second-order valence-corrected chi connectivity index (χ2v) is 7.31. The van der Waals surface area contributed by atoms with E-state index in [0.717, 1.165) is 11.3 Å².